The molecule has 0 atom stereocenters. The molecule has 0 aliphatic carbocycles. The van der Waals surface area contributed by atoms with Gasteiger partial charge in [-0.05, 0) is 0 Å². The third kappa shape index (κ3) is 2.38. The van der Waals surface area contributed by atoms with Gasteiger partial charge in [-0.3, -0.25) is 14.3 Å². The second-order valence-corrected chi connectivity index (χ2v) is 2.56. The van der Waals surface area contributed by atoms with Crippen molar-refractivity contribution in [2.45, 2.75) is 12.7 Å². The lowest BCUT2D eigenvalue weighted by Crippen LogP contribution is -2.35. The largest absolute Gasteiger partial charge is 0.406 e. The van der Waals surface area contributed by atoms with E-state index in [1.165, 1.54) is 0 Å². The molecule has 1 aromatic rings. The summed E-state index contributed by atoms with van der Waals surface area (Å²) >= 11 is 0. The van der Waals surface area contributed by atoms with E-state index in [1.807, 2.05) is 0 Å². The van der Waals surface area contributed by atoms with Crippen LogP contribution in [-0.2, 0) is 6.54 Å². The highest BCUT2D eigenvalue weighted by Gasteiger charge is 2.29. The maximum atomic E-state index is 11.9. The van der Waals surface area contributed by atoms with Gasteiger partial charge in [0.1, 0.15) is 12.4 Å². The van der Waals surface area contributed by atoms with Gasteiger partial charge in [-0.2, -0.15) is 13.2 Å². The van der Waals surface area contributed by atoms with Gasteiger partial charge in [0.15, 0.2) is 0 Å². The van der Waals surface area contributed by atoms with E-state index in [0.29, 0.717) is 6.07 Å². The van der Waals surface area contributed by atoms with Gasteiger partial charge in [-0.25, -0.2) is 4.79 Å². The van der Waals surface area contributed by atoms with E-state index in [2.05, 4.69) is 0 Å². The van der Waals surface area contributed by atoms with Crippen LogP contribution in [0.2, 0.25) is 0 Å². The molecule has 1 rings (SSSR count). The highest BCUT2D eigenvalue weighted by Crippen LogP contribution is 2.17. The van der Waals surface area contributed by atoms with Crippen molar-refractivity contribution in [3.63, 3.8) is 0 Å². The quantitative estimate of drug-likeness (QED) is 0.665. The number of aromatic nitrogens is 2. The van der Waals surface area contributed by atoms with E-state index >= 15 is 0 Å². The van der Waals surface area contributed by atoms with E-state index in [-0.39, 0.29) is 4.57 Å². The molecule has 14 heavy (non-hydrogen) atoms. The van der Waals surface area contributed by atoms with Gasteiger partial charge in [-0.15, -0.1) is 0 Å². The fourth-order valence-corrected chi connectivity index (χ4v) is 0.881. The Morgan fingerprint density at radius 3 is 2.43 bits per heavy atom. The van der Waals surface area contributed by atoms with Crippen LogP contribution in [-0.4, -0.2) is 15.7 Å². The zero-order valence-corrected chi connectivity index (χ0v) is 6.76. The van der Waals surface area contributed by atoms with Crippen LogP contribution in [0, 0.1) is 0 Å². The number of halogens is 3. The summed E-state index contributed by atoms with van der Waals surface area (Å²) in [5, 5.41) is 0. The zero-order valence-electron chi connectivity index (χ0n) is 6.76. The minimum Gasteiger partial charge on any atom is -0.385 e. The van der Waals surface area contributed by atoms with E-state index < -0.39 is 29.8 Å². The normalized spacial score (nSPS) is 11.6. The van der Waals surface area contributed by atoms with Gasteiger partial charge in [0.25, 0.3) is 5.56 Å². The molecule has 0 saturated carbocycles. The molecule has 0 aliphatic heterocycles. The summed E-state index contributed by atoms with van der Waals surface area (Å²) in [4.78, 5) is 23.1. The number of nitrogens with zero attached hydrogens (tertiary/aromatic N) is 1. The first-order valence-electron chi connectivity index (χ1n) is 3.46. The van der Waals surface area contributed by atoms with E-state index in [0.717, 1.165) is 0 Å². The van der Waals surface area contributed by atoms with Crippen molar-refractivity contribution in [1.29, 1.82) is 0 Å². The second kappa shape index (κ2) is 3.20. The van der Waals surface area contributed by atoms with Crippen molar-refractivity contribution in [3.8, 4) is 0 Å². The molecule has 1 heterocycles. The lowest BCUT2D eigenvalue weighted by Gasteiger charge is -2.10. The van der Waals surface area contributed by atoms with Crippen molar-refractivity contribution in [3.05, 3.63) is 26.9 Å². The average Bonchev–Trinajstić information content (AvgIpc) is 1.95. The SMILES string of the molecule is Nc1cc(=O)[nH]c(=O)n1CC(F)(F)F. The van der Waals surface area contributed by atoms with Gasteiger partial charge >= 0.3 is 11.9 Å². The highest BCUT2D eigenvalue weighted by molar-refractivity contribution is 5.26. The van der Waals surface area contributed by atoms with E-state index in [9.17, 15) is 22.8 Å². The Labute approximate surface area is 75.0 Å². The van der Waals surface area contributed by atoms with Crippen molar-refractivity contribution in [2.24, 2.45) is 0 Å². The van der Waals surface area contributed by atoms with Crippen LogP contribution in [0.25, 0.3) is 0 Å². The van der Waals surface area contributed by atoms with Crippen LogP contribution >= 0.6 is 0 Å². The first kappa shape index (κ1) is 10.4. The summed E-state index contributed by atoms with van der Waals surface area (Å²) in [5.74, 6) is -0.518. The van der Waals surface area contributed by atoms with Crippen molar-refractivity contribution >= 4 is 5.82 Å². The van der Waals surface area contributed by atoms with Crippen LogP contribution in [0.5, 0.6) is 0 Å². The minimum absolute atomic E-state index is 0.237. The molecule has 3 N–H and O–H groups in total. The molecule has 0 aromatic carbocycles. The Kier molecular flexibility index (Phi) is 2.37. The van der Waals surface area contributed by atoms with Crippen LogP contribution in [0.15, 0.2) is 15.7 Å². The summed E-state index contributed by atoms with van der Waals surface area (Å²) in [6.07, 6.45) is -4.56. The molecular formula is C6H6F3N3O2. The predicted octanol–water partition coefficient (Wildman–Crippen LogP) is -0.319. The Morgan fingerprint density at radius 1 is 1.43 bits per heavy atom. The Balaban J connectivity index is 3.23. The second-order valence-electron chi connectivity index (χ2n) is 2.56. The predicted molar refractivity (Wildman–Crippen MR) is 41.8 cm³/mol. The molecule has 0 fully saturated rings. The summed E-state index contributed by atoms with van der Waals surface area (Å²) < 4.78 is 35.9. The van der Waals surface area contributed by atoms with Crippen molar-refractivity contribution < 1.29 is 13.2 Å². The lowest BCUT2D eigenvalue weighted by atomic mass is 10.5. The van der Waals surface area contributed by atoms with Crippen LogP contribution in [0.1, 0.15) is 0 Å². The number of rotatable bonds is 1. The van der Waals surface area contributed by atoms with Gasteiger partial charge in [-0.1, -0.05) is 0 Å². The number of aromatic amines is 1. The van der Waals surface area contributed by atoms with Crippen LogP contribution in [0.4, 0.5) is 19.0 Å². The number of hydrogen-bond donors (Lipinski definition) is 2. The third-order valence-corrected chi connectivity index (χ3v) is 1.40. The molecular weight excluding hydrogens is 203 g/mol. The monoisotopic (exact) mass is 209 g/mol. The van der Waals surface area contributed by atoms with Gasteiger partial charge < -0.3 is 5.73 Å². The van der Waals surface area contributed by atoms with Crippen molar-refractivity contribution in [2.75, 3.05) is 5.73 Å². The maximum Gasteiger partial charge on any atom is 0.406 e. The highest BCUT2D eigenvalue weighted by atomic mass is 19.4. The molecule has 0 radical (unpaired) electrons. The van der Waals surface area contributed by atoms with Gasteiger partial charge in [0.2, 0.25) is 0 Å². The first-order valence-corrected chi connectivity index (χ1v) is 3.46. The Bertz CT molecular complexity index is 445. The van der Waals surface area contributed by atoms with Crippen LogP contribution in [0.3, 0.4) is 0 Å². The number of H-pyrrole nitrogens is 1. The molecule has 0 aliphatic rings. The molecule has 78 valence electrons. The molecule has 0 saturated heterocycles. The smallest absolute Gasteiger partial charge is 0.385 e. The number of nitrogens with one attached hydrogen (secondary N) is 1. The summed E-state index contributed by atoms with van der Waals surface area (Å²) in [6, 6.07) is 0.715. The standard InChI is InChI=1S/C6H6F3N3O2/c7-6(8,9)2-12-3(10)1-4(13)11-5(12)14/h1H,2,10H2,(H,11,13,14). The minimum atomic E-state index is -4.56. The number of hydrogen-bond acceptors (Lipinski definition) is 3. The lowest BCUT2D eigenvalue weighted by molar-refractivity contribution is -0.141. The zero-order chi connectivity index (χ0) is 10.9. The third-order valence-electron chi connectivity index (χ3n) is 1.40. The Hall–Kier alpha value is -1.73. The maximum absolute atomic E-state index is 11.9. The molecule has 0 bridgehead atoms. The molecule has 0 unspecified atom stereocenters. The van der Waals surface area contributed by atoms with Crippen LogP contribution < -0.4 is 17.0 Å². The number of alkyl halides is 3. The van der Waals surface area contributed by atoms with E-state index in [1.54, 1.807) is 4.98 Å². The topological polar surface area (TPSA) is 80.9 Å². The van der Waals surface area contributed by atoms with Crippen molar-refractivity contribution in [1.82, 2.24) is 9.55 Å². The number of nitrogens with two attached hydrogens (primary N) is 1. The molecule has 0 spiro atoms. The number of nitrogen functional groups attached to an aromatic ring is 1. The fourth-order valence-electron chi connectivity index (χ4n) is 0.881. The van der Waals surface area contributed by atoms with Gasteiger partial charge in [0.05, 0.1) is 0 Å². The summed E-state index contributed by atoms with van der Waals surface area (Å²) in [6.45, 7) is -1.52. The summed E-state index contributed by atoms with van der Waals surface area (Å²) in [7, 11) is 0. The molecule has 5 nitrogen and oxygen atoms in total. The molecule has 1 aromatic heterocycles. The molecule has 0 amide bonds. The van der Waals surface area contributed by atoms with Gasteiger partial charge in [0, 0.05) is 6.07 Å². The average molecular weight is 209 g/mol. The van der Waals surface area contributed by atoms with E-state index in [4.69, 9.17) is 5.73 Å². The number of anilines is 1. The summed E-state index contributed by atoms with van der Waals surface area (Å²) in [5.41, 5.74) is 3.07. The molecule has 8 heteroatoms. The first-order chi connectivity index (χ1) is 6.29. The Morgan fingerprint density at radius 2 is 2.00 bits per heavy atom. The fraction of sp³-hybridized carbons (Fsp3) is 0.333.